The Morgan fingerprint density at radius 1 is 1.26 bits per heavy atom. The number of halogens is 2. The zero-order chi connectivity index (χ0) is 14.0. The zero-order valence-electron chi connectivity index (χ0n) is 10.5. The molecule has 1 aliphatic rings. The van der Waals surface area contributed by atoms with Crippen molar-refractivity contribution in [2.75, 3.05) is 20.2 Å². The van der Waals surface area contributed by atoms with Gasteiger partial charge < -0.3 is 4.74 Å². The fourth-order valence-electron chi connectivity index (χ4n) is 2.17. The summed E-state index contributed by atoms with van der Waals surface area (Å²) in [4.78, 5) is 0.122. The molecule has 1 aliphatic heterocycles. The summed E-state index contributed by atoms with van der Waals surface area (Å²) >= 11 is 9.24. The summed E-state index contributed by atoms with van der Waals surface area (Å²) in [6.45, 7) is 1.10. The lowest BCUT2D eigenvalue weighted by molar-refractivity contribution is 0.342. The van der Waals surface area contributed by atoms with Crippen molar-refractivity contribution < 1.29 is 13.2 Å². The second-order valence-electron chi connectivity index (χ2n) is 4.38. The van der Waals surface area contributed by atoms with Crippen molar-refractivity contribution in [1.82, 2.24) is 4.31 Å². The smallest absolute Gasteiger partial charge is 0.246 e. The summed E-state index contributed by atoms with van der Waals surface area (Å²) in [7, 11) is -2.11. The van der Waals surface area contributed by atoms with Gasteiger partial charge in [-0.1, -0.05) is 18.0 Å². The molecule has 0 unspecified atom stereocenters. The molecule has 0 spiro atoms. The first kappa shape index (κ1) is 15.1. The van der Waals surface area contributed by atoms with E-state index in [2.05, 4.69) is 15.9 Å². The second kappa shape index (κ2) is 5.99. The molecule has 1 aromatic carbocycles. The van der Waals surface area contributed by atoms with Gasteiger partial charge in [0.2, 0.25) is 10.0 Å². The molecule has 0 radical (unpaired) electrons. The highest BCUT2D eigenvalue weighted by molar-refractivity contribution is 9.10. The van der Waals surface area contributed by atoms with Crippen molar-refractivity contribution >= 4 is 37.6 Å². The molecule has 0 atom stereocenters. The minimum Gasteiger partial charge on any atom is -0.494 e. The minimum atomic E-state index is -3.56. The van der Waals surface area contributed by atoms with E-state index in [0.717, 1.165) is 19.3 Å². The Morgan fingerprint density at radius 2 is 1.89 bits per heavy atom. The highest BCUT2D eigenvalue weighted by atomic mass is 79.9. The van der Waals surface area contributed by atoms with Crippen molar-refractivity contribution in [3.63, 3.8) is 0 Å². The maximum absolute atomic E-state index is 12.6. The molecular formula is C12H15BrClNO3S. The van der Waals surface area contributed by atoms with Crippen molar-refractivity contribution in [3.05, 3.63) is 21.6 Å². The van der Waals surface area contributed by atoms with Crippen LogP contribution >= 0.6 is 27.5 Å². The highest BCUT2D eigenvalue weighted by Gasteiger charge is 2.30. The average Bonchev–Trinajstić information content (AvgIpc) is 2.39. The molecule has 0 aliphatic carbocycles. The quantitative estimate of drug-likeness (QED) is 0.822. The van der Waals surface area contributed by atoms with Crippen LogP contribution in [0.5, 0.6) is 5.75 Å². The first-order chi connectivity index (χ1) is 8.96. The van der Waals surface area contributed by atoms with Crippen LogP contribution in [-0.2, 0) is 10.0 Å². The number of sulfonamides is 1. The number of piperidine rings is 1. The lowest BCUT2D eigenvalue weighted by Crippen LogP contribution is -2.35. The standard InChI is InChI=1S/C12H15BrClNO3S/c1-18-12-10(13)7-9(14)8-11(12)19(16,17)15-5-3-2-4-6-15/h7-8H,2-6H2,1H3. The van der Waals surface area contributed by atoms with Gasteiger partial charge in [-0.25, -0.2) is 8.42 Å². The van der Waals surface area contributed by atoms with Crippen LogP contribution in [-0.4, -0.2) is 32.9 Å². The summed E-state index contributed by atoms with van der Waals surface area (Å²) in [5, 5.41) is 0.364. The average molecular weight is 369 g/mol. The normalized spacial score (nSPS) is 17.4. The van der Waals surface area contributed by atoms with Gasteiger partial charge in [0.05, 0.1) is 11.6 Å². The molecule has 19 heavy (non-hydrogen) atoms. The largest absolute Gasteiger partial charge is 0.494 e. The minimum absolute atomic E-state index is 0.122. The molecule has 2 rings (SSSR count). The summed E-state index contributed by atoms with van der Waals surface area (Å²) in [5.41, 5.74) is 0. The number of rotatable bonds is 3. The molecule has 1 aromatic rings. The van der Waals surface area contributed by atoms with E-state index in [9.17, 15) is 8.42 Å². The number of ether oxygens (including phenoxy) is 1. The van der Waals surface area contributed by atoms with Crippen LogP contribution in [0.15, 0.2) is 21.5 Å². The number of methoxy groups -OCH3 is 1. The SMILES string of the molecule is COc1c(Br)cc(Cl)cc1S(=O)(=O)N1CCCCC1. The van der Waals surface area contributed by atoms with Crippen LogP contribution in [0.1, 0.15) is 19.3 Å². The van der Waals surface area contributed by atoms with Gasteiger partial charge >= 0.3 is 0 Å². The van der Waals surface area contributed by atoms with Gasteiger partial charge in [0.15, 0.2) is 5.75 Å². The Morgan fingerprint density at radius 3 is 2.47 bits per heavy atom. The predicted octanol–water partition coefficient (Wildman–Crippen LogP) is 3.29. The zero-order valence-corrected chi connectivity index (χ0v) is 13.7. The first-order valence-corrected chi connectivity index (χ1v) is 8.61. The molecule has 0 N–H and O–H groups in total. The number of hydrogen-bond acceptors (Lipinski definition) is 3. The van der Waals surface area contributed by atoms with E-state index in [1.54, 1.807) is 6.07 Å². The van der Waals surface area contributed by atoms with Gasteiger partial charge in [-0.05, 0) is 40.9 Å². The van der Waals surface area contributed by atoms with E-state index < -0.39 is 10.0 Å². The van der Waals surface area contributed by atoms with Crippen molar-refractivity contribution in [2.45, 2.75) is 24.2 Å². The van der Waals surface area contributed by atoms with Crippen LogP contribution in [0.4, 0.5) is 0 Å². The third kappa shape index (κ3) is 3.07. The molecule has 106 valence electrons. The molecule has 4 nitrogen and oxygen atoms in total. The van der Waals surface area contributed by atoms with Gasteiger partial charge in [-0.15, -0.1) is 0 Å². The third-order valence-electron chi connectivity index (χ3n) is 3.11. The van der Waals surface area contributed by atoms with Crippen LogP contribution in [0.2, 0.25) is 5.02 Å². The molecule has 1 heterocycles. The van der Waals surface area contributed by atoms with E-state index in [-0.39, 0.29) is 4.90 Å². The van der Waals surface area contributed by atoms with Crippen LogP contribution in [0.25, 0.3) is 0 Å². The van der Waals surface area contributed by atoms with Crippen LogP contribution in [0, 0.1) is 0 Å². The van der Waals surface area contributed by atoms with Gasteiger partial charge in [-0.2, -0.15) is 4.31 Å². The molecule has 0 amide bonds. The van der Waals surface area contributed by atoms with Crippen LogP contribution < -0.4 is 4.74 Å². The van der Waals surface area contributed by atoms with E-state index in [1.165, 1.54) is 17.5 Å². The van der Waals surface area contributed by atoms with E-state index in [1.807, 2.05) is 0 Å². The highest BCUT2D eigenvalue weighted by Crippen LogP contribution is 2.37. The molecule has 0 saturated carbocycles. The lowest BCUT2D eigenvalue weighted by Gasteiger charge is -2.26. The molecule has 0 bridgehead atoms. The number of benzene rings is 1. The van der Waals surface area contributed by atoms with Gasteiger partial charge in [-0.3, -0.25) is 0 Å². The second-order valence-corrected chi connectivity index (χ2v) is 7.58. The fourth-order valence-corrected chi connectivity index (χ4v) is 5.06. The molecule has 1 saturated heterocycles. The number of nitrogens with zero attached hydrogens (tertiary/aromatic N) is 1. The topological polar surface area (TPSA) is 46.6 Å². The predicted molar refractivity (Wildman–Crippen MR) is 78.3 cm³/mol. The summed E-state index contributed by atoms with van der Waals surface area (Å²) in [6, 6.07) is 3.06. The van der Waals surface area contributed by atoms with Gasteiger partial charge in [0.1, 0.15) is 4.90 Å². The van der Waals surface area contributed by atoms with E-state index in [4.69, 9.17) is 16.3 Å². The maximum atomic E-state index is 12.6. The summed E-state index contributed by atoms with van der Waals surface area (Å²) in [5.74, 6) is 0.301. The summed E-state index contributed by atoms with van der Waals surface area (Å²) in [6.07, 6.45) is 2.86. The molecule has 0 aromatic heterocycles. The van der Waals surface area contributed by atoms with Crippen molar-refractivity contribution in [3.8, 4) is 5.75 Å². The van der Waals surface area contributed by atoms with Crippen molar-refractivity contribution in [2.24, 2.45) is 0 Å². The maximum Gasteiger partial charge on any atom is 0.246 e. The lowest BCUT2D eigenvalue weighted by atomic mass is 10.2. The molecule has 7 heteroatoms. The fraction of sp³-hybridized carbons (Fsp3) is 0.500. The van der Waals surface area contributed by atoms with Gasteiger partial charge in [0.25, 0.3) is 0 Å². The number of hydrogen-bond donors (Lipinski definition) is 0. The third-order valence-corrected chi connectivity index (χ3v) is 5.82. The van der Waals surface area contributed by atoms with Crippen molar-refractivity contribution in [1.29, 1.82) is 0 Å². The summed E-state index contributed by atoms with van der Waals surface area (Å²) < 4.78 is 32.5. The Hall–Kier alpha value is -0.300. The van der Waals surface area contributed by atoms with E-state index in [0.29, 0.717) is 28.3 Å². The van der Waals surface area contributed by atoms with E-state index >= 15 is 0 Å². The molecular weight excluding hydrogens is 354 g/mol. The Balaban J connectivity index is 2.50. The van der Waals surface area contributed by atoms with Gasteiger partial charge in [0, 0.05) is 18.1 Å². The van der Waals surface area contributed by atoms with Crippen LogP contribution in [0.3, 0.4) is 0 Å². The monoisotopic (exact) mass is 367 g/mol. The first-order valence-electron chi connectivity index (χ1n) is 6.00. The molecule has 1 fully saturated rings. The Kier molecular flexibility index (Phi) is 4.76. The Labute approximate surface area is 126 Å². The Bertz CT molecular complexity index is 571.